The highest BCUT2D eigenvalue weighted by atomic mass is 35.5. The first-order valence-electron chi connectivity index (χ1n) is 9.27. The van der Waals surface area contributed by atoms with Gasteiger partial charge in [-0.1, -0.05) is 17.7 Å². The van der Waals surface area contributed by atoms with Crippen molar-refractivity contribution < 1.29 is 31.5 Å². The van der Waals surface area contributed by atoms with Crippen molar-refractivity contribution in [1.82, 2.24) is 9.97 Å². The first-order valence-corrected chi connectivity index (χ1v) is 9.65. The molecule has 2 aromatic carbocycles. The molecule has 1 aromatic heterocycles. The number of hydrogen-bond acceptors (Lipinski definition) is 4. The number of anilines is 1. The fourth-order valence-corrected chi connectivity index (χ4v) is 2.93. The summed E-state index contributed by atoms with van der Waals surface area (Å²) in [6, 6.07) is 5.02. The summed E-state index contributed by atoms with van der Waals surface area (Å²) in [6.07, 6.45) is -6.11. The van der Waals surface area contributed by atoms with Gasteiger partial charge < -0.3 is 15.0 Å². The van der Waals surface area contributed by atoms with Gasteiger partial charge in [0.2, 0.25) is 0 Å². The van der Waals surface area contributed by atoms with Crippen LogP contribution in [-0.2, 0) is 0 Å². The van der Waals surface area contributed by atoms with E-state index in [0.29, 0.717) is 13.0 Å². The van der Waals surface area contributed by atoms with Crippen molar-refractivity contribution in [1.29, 1.82) is 0 Å². The molecule has 0 aliphatic carbocycles. The number of rotatable bonds is 5. The number of aromatic amines is 1. The fraction of sp³-hybridized carbons (Fsp3) is 0.190. The molecule has 3 aromatic rings. The van der Waals surface area contributed by atoms with Crippen LogP contribution in [0.4, 0.5) is 27.6 Å². The molecule has 0 aliphatic rings. The summed E-state index contributed by atoms with van der Waals surface area (Å²) in [5, 5.41) is 1.93. The van der Waals surface area contributed by atoms with Crippen LogP contribution < -0.4 is 15.6 Å². The summed E-state index contributed by atoms with van der Waals surface area (Å²) < 4.78 is 73.2. The van der Waals surface area contributed by atoms with Gasteiger partial charge in [0.1, 0.15) is 23.1 Å². The monoisotopic (exact) mass is 487 g/mol. The molecule has 1 heterocycles. The molecule has 174 valence electrons. The van der Waals surface area contributed by atoms with Crippen LogP contribution in [0, 0.1) is 18.6 Å². The molecule has 2 N–H and O–H groups in total. The Kier molecular flexibility index (Phi) is 6.73. The summed E-state index contributed by atoms with van der Waals surface area (Å²) in [4.78, 5) is 30.5. The van der Waals surface area contributed by atoms with E-state index in [1.54, 1.807) is 0 Å². The Hall–Kier alpha value is -3.47. The van der Waals surface area contributed by atoms with E-state index in [9.17, 15) is 31.5 Å². The Morgan fingerprint density at radius 3 is 2.52 bits per heavy atom. The Balaban J connectivity index is 2.11. The number of carbonyl (C=O) groups excluding carboxylic acids is 1. The maximum absolute atomic E-state index is 14.9. The maximum atomic E-state index is 14.9. The second kappa shape index (κ2) is 9.18. The van der Waals surface area contributed by atoms with Gasteiger partial charge in [0, 0.05) is 11.8 Å². The number of aromatic nitrogens is 2. The standard InChI is InChI=1S/C21H15ClF5N3O3/c1-9-19(31)28-8-16(29-9)11-7-17(33-10(2)21(25,26)27)12(6-15(11)24)20(32)30-18-13(22)4-3-5-14(18)23/h3-8,10H,1-2H3,(H,28,31)(H,30,32). The lowest BCUT2D eigenvalue weighted by atomic mass is 10.1. The highest BCUT2D eigenvalue weighted by Crippen LogP contribution is 2.34. The molecule has 0 radical (unpaired) electrons. The third-order valence-corrected chi connectivity index (χ3v) is 4.83. The first kappa shape index (κ1) is 24.2. The number of nitrogens with one attached hydrogen (secondary N) is 2. The predicted octanol–water partition coefficient (Wildman–Crippen LogP) is 5.26. The van der Waals surface area contributed by atoms with Gasteiger partial charge in [-0.2, -0.15) is 13.2 Å². The average Bonchev–Trinajstić information content (AvgIpc) is 2.73. The fourth-order valence-electron chi connectivity index (χ4n) is 2.72. The Morgan fingerprint density at radius 1 is 1.21 bits per heavy atom. The summed E-state index contributed by atoms with van der Waals surface area (Å²) in [6.45, 7) is 2.05. The van der Waals surface area contributed by atoms with Crippen molar-refractivity contribution in [3.63, 3.8) is 0 Å². The minimum absolute atomic E-state index is 0.0194. The molecule has 0 saturated carbocycles. The minimum atomic E-state index is -4.80. The number of ether oxygens (including phenoxy) is 1. The molecule has 1 atom stereocenters. The molecule has 6 nitrogen and oxygen atoms in total. The zero-order valence-corrected chi connectivity index (χ0v) is 17.7. The quantitative estimate of drug-likeness (QED) is 0.481. The van der Waals surface area contributed by atoms with Gasteiger partial charge in [-0.15, -0.1) is 0 Å². The summed E-state index contributed by atoms with van der Waals surface area (Å²) in [5.41, 5.74) is -2.10. The lowest BCUT2D eigenvalue weighted by Gasteiger charge is -2.20. The smallest absolute Gasteiger partial charge is 0.425 e. The van der Waals surface area contributed by atoms with Crippen LogP contribution in [0.1, 0.15) is 23.0 Å². The number of amides is 1. The number of nitrogens with zero attached hydrogens (tertiary/aromatic N) is 1. The average molecular weight is 488 g/mol. The molecule has 33 heavy (non-hydrogen) atoms. The Morgan fingerprint density at radius 2 is 1.91 bits per heavy atom. The van der Waals surface area contributed by atoms with Crippen LogP contribution in [0.5, 0.6) is 5.75 Å². The Labute approximate surface area is 188 Å². The minimum Gasteiger partial charge on any atom is -0.480 e. The van der Waals surface area contributed by atoms with E-state index in [4.69, 9.17) is 16.3 Å². The summed E-state index contributed by atoms with van der Waals surface area (Å²) in [7, 11) is 0. The predicted molar refractivity (Wildman–Crippen MR) is 110 cm³/mol. The van der Waals surface area contributed by atoms with Crippen LogP contribution >= 0.6 is 11.6 Å². The number of alkyl halides is 3. The third-order valence-electron chi connectivity index (χ3n) is 4.51. The van der Waals surface area contributed by atoms with E-state index in [1.165, 1.54) is 19.1 Å². The van der Waals surface area contributed by atoms with E-state index in [1.807, 2.05) is 0 Å². The zero-order valence-electron chi connectivity index (χ0n) is 17.0. The molecule has 0 aliphatic heterocycles. The van der Waals surface area contributed by atoms with E-state index in [-0.39, 0.29) is 22.0 Å². The van der Waals surface area contributed by atoms with Gasteiger partial charge >= 0.3 is 6.18 Å². The van der Waals surface area contributed by atoms with Crippen molar-refractivity contribution in [2.24, 2.45) is 0 Å². The third kappa shape index (κ3) is 5.30. The molecule has 0 bridgehead atoms. The van der Waals surface area contributed by atoms with E-state index >= 15 is 0 Å². The molecule has 1 unspecified atom stereocenters. The van der Waals surface area contributed by atoms with Gasteiger partial charge in [-0.05, 0) is 38.1 Å². The molecule has 12 heteroatoms. The normalized spacial score (nSPS) is 12.4. The first-order chi connectivity index (χ1) is 15.4. The molecule has 1 amide bonds. The number of para-hydroxylation sites is 1. The highest BCUT2D eigenvalue weighted by molar-refractivity contribution is 6.34. The van der Waals surface area contributed by atoms with Crippen molar-refractivity contribution in [3.05, 3.63) is 74.8 Å². The van der Waals surface area contributed by atoms with Crippen LogP contribution in [-0.4, -0.2) is 28.2 Å². The molecule has 0 spiro atoms. The summed E-state index contributed by atoms with van der Waals surface area (Å²) >= 11 is 5.86. The van der Waals surface area contributed by atoms with Gasteiger partial charge in [-0.3, -0.25) is 9.59 Å². The molecular formula is C21H15ClF5N3O3. The van der Waals surface area contributed by atoms with E-state index < -0.39 is 52.4 Å². The zero-order chi connectivity index (χ0) is 24.5. The number of hydrogen-bond donors (Lipinski definition) is 2. The van der Waals surface area contributed by atoms with Gasteiger partial charge in [0.15, 0.2) is 6.10 Å². The van der Waals surface area contributed by atoms with Crippen LogP contribution in [0.15, 0.2) is 41.3 Å². The van der Waals surface area contributed by atoms with Gasteiger partial charge in [0.25, 0.3) is 11.5 Å². The number of halogens is 6. The Bertz CT molecular complexity index is 1260. The maximum Gasteiger partial charge on any atom is 0.425 e. The van der Waals surface area contributed by atoms with Crippen molar-refractivity contribution in [2.45, 2.75) is 26.1 Å². The summed E-state index contributed by atoms with van der Waals surface area (Å²) in [5.74, 6) is -3.77. The second-order valence-corrected chi connectivity index (χ2v) is 7.29. The van der Waals surface area contributed by atoms with Crippen LogP contribution in [0.2, 0.25) is 5.02 Å². The second-order valence-electron chi connectivity index (χ2n) is 6.88. The number of H-pyrrole nitrogens is 1. The molecule has 0 saturated heterocycles. The number of aryl methyl sites for hydroxylation is 1. The number of carbonyl (C=O) groups is 1. The largest absolute Gasteiger partial charge is 0.480 e. The van der Waals surface area contributed by atoms with Crippen molar-refractivity contribution >= 4 is 23.2 Å². The van der Waals surface area contributed by atoms with E-state index in [2.05, 4.69) is 15.3 Å². The van der Waals surface area contributed by atoms with Crippen molar-refractivity contribution in [3.8, 4) is 17.0 Å². The SMILES string of the molecule is Cc1nc(-c2cc(OC(C)C(F)(F)F)c(C(=O)Nc3c(F)cccc3Cl)cc2F)c[nH]c1=O. The lowest BCUT2D eigenvalue weighted by molar-refractivity contribution is -0.189. The molecule has 0 fully saturated rings. The molecular weight excluding hydrogens is 473 g/mol. The van der Waals surface area contributed by atoms with E-state index in [0.717, 1.165) is 18.3 Å². The van der Waals surface area contributed by atoms with Crippen LogP contribution in [0.25, 0.3) is 11.3 Å². The van der Waals surface area contributed by atoms with Gasteiger partial charge in [0.05, 0.1) is 22.0 Å². The highest BCUT2D eigenvalue weighted by Gasteiger charge is 2.39. The van der Waals surface area contributed by atoms with Crippen molar-refractivity contribution in [2.75, 3.05) is 5.32 Å². The van der Waals surface area contributed by atoms with Crippen LogP contribution in [0.3, 0.4) is 0 Å². The lowest BCUT2D eigenvalue weighted by Crippen LogP contribution is -2.32. The number of benzene rings is 2. The molecule has 3 rings (SSSR count). The van der Waals surface area contributed by atoms with Gasteiger partial charge in [-0.25, -0.2) is 13.8 Å². The topological polar surface area (TPSA) is 84.1 Å².